The number of benzene rings is 1. The van der Waals surface area contributed by atoms with Gasteiger partial charge in [-0.25, -0.2) is 0 Å². The summed E-state index contributed by atoms with van der Waals surface area (Å²) < 4.78 is 41.7. The lowest BCUT2D eigenvalue weighted by Gasteiger charge is -2.09. The van der Waals surface area contributed by atoms with Crippen molar-refractivity contribution in [1.29, 1.82) is 0 Å². The second-order valence-electron chi connectivity index (χ2n) is 4.59. The highest BCUT2D eigenvalue weighted by molar-refractivity contribution is 5.77. The van der Waals surface area contributed by atoms with Crippen molar-refractivity contribution in [2.75, 3.05) is 19.0 Å². The molecule has 0 saturated heterocycles. The van der Waals surface area contributed by atoms with Crippen LogP contribution in [-0.4, -0.2) is 30.0 Å². The lowest BCUT2D eigenvalue weighted by molar-refractivity contribution is -0.131. The first-order valence-electron chi connectivity index (χ1n) is 6.41. The molecule has 2 N–H and O–H groups in total. The zero-order chi connectivity index (χ0) is 15.5. The lowest BCUT2D eigenvalue weighted by atomic mass is 10.1. The van der Waals surface area contributed by atoms with E-state index in [0.29, 0.717) is 11.6 Å². The highest BCUT2D eigenvalue weighted by Crippen LogP contribution is 2.31. The van der Waals surface area contributed by atoms with Crippen molar-refractivity contribution >= 4 is 5.82 Å². The molecule has 7 heteroatoms. The highest BCUT2D eigenvalue weighted by Gasteiger charge is 2.26. The molecule has 0 aliphatic carbocycles. The van der Waals surface area contributed by atoms with E-state index < -0.39 is 12.6 Å². The number of hydrogen-bond acceptors (Lipinski definition) is 3. The van der Waals surface area contributed by atoms with Crippen LogP contribution in [0.25, 0.3) is 11.1 Å². The van der Waals surface area contributed by atoms with Gasteiger partial charge < -0.3 is 10.1 Å². The molecule has 0 fully saturated rings. The molecule has 114 valence electrons. The van der Waals surface area contributed by atoms with Gasteiger partial charge in [-0.05, 0) is 24.6 Å². The number of nitrogens with zero attached hydrogens (tertiary/aromatic N) is 1. The van der Waals surface area contributed by atoms with Crippen molar-refractivity contribution in [3.8, 4) is 16.9 Å². The van der Waals surface area contributed by atoms with Gasteiger partial charge in [0.25, 0.3) is 0 Å². The Morgan fingerprint density at radius 2 is 1.90 bits per heavy atom. The van der Waals surface area contributed by atoms with Crippen molar-refractivity contribution in [3.05, 3.63) is 30.0 Å². The second kappa shape index (κ2) is 6.07. The standard InChI is InChI=1S/C14H16F3N3O/c1-9-12(10-3-5-11(21-2)6-4-10)13(20-19-9)18-8-7-14(15,16)17/h3-6H,7-8H2,1-2H3,(H2,18,19,20). The molecule has 2 rings (SSSR count). The third-order valence-electron chi connectivity index (χ3n) is 3.03. The summed E-state index contributed by atoms with van der Waals surface area (Å²) in [5.74, 6) is 1.13. The van der Waals surface area contributed by atoms with Gasteiger partial charge in [0.05, 0.1) is 13.5 Å². The van der Waals surface area contributed by atoms with Crippen LogP contribution in [-0.2, 0) is 0 Å². The maximum atomic E-state index is 12.2. The van der Waals surface area contributed by atoms with Crippen LogP contribution in [0.5, 0.6) is 5.75 Å². The van der Waals surface area contributed by atoms with Crippen LogP contribution < -0.4 is 10.1 Å². The average Bonchev–Trinajstić information content (AvgIpc) is 2.79. The van der Waals surface area contributed by atoms with Gasteiger partial charge in [-0.3, -0.25) is 5.10 Å². The van der Waals surface area contributed by atoms with Crippen molar-refractivity contribution in [3.63, 3.8) is 0 Å². The molecule has 0 radical (unpaired) electrons. The van der Waals surface area contributed by atoms with Gasteiger partial charge in [0.2, 0.25) is 0 Å². The number of rotatable bonds is 5. The number of alkyl halides is 3. The van der Waals surface area contributed by atoms with E-state index in [9.17, 15) is 13.2 Å². The zero-order valence-corrected chi connectivity index (χ0v) is 11.7. The Hall–Kier alpha value is -2.18. The molecule has 1 aromatic carbocycles. The maximum Gasteiger partial charge on any atom is 0.390 e. The number of H-pyrrole nitrogens is 1. The van der Waals surface area contributed by atoms with Crippen LogP contribution in [0.15, 0.2) is 24.3 Å². The number of ether oxygens (including phenoxy) is 1. The van der Waals surface area contributed by atoms with Gasteiger partial charge in [-0.1, -0.05) is 12.1 Å². The molecule has 0 bridgehead atoms. The molecule has 0 amide bonds. The molecule has 0 unspecified atom stereocenters. The fraction of sp³-hybridized carbons (Fsp3) is 0.357. The van der Waals surface area contributed by atoms with E-state index in [0.717, 1.165) is 16.8 Å². The number of halogens is 3. The molecule has 0 saturated carbocycles. The molecule has 21 heavy (non-hydrogen) atoms. The Morgan fingerprint density at radius 3 is 2.48 bits per heavy atom. The normalized spacial score (nSPS) is 11.5. The van der Waals surface area contributed by atoms with E-state index in [2.05, 4.69) is 15.5 Å². The van der Waals surface area contributed by atoms with Crippen LogP contribution in [0.1, 0.15) is 12.1 Å². The van der Waals surface area contributed by atoms with Crippen molar-refractivity contribution < 1.29 is 17.9 Å². The minimum Gasteiger partial charge on any atom is -0.497 e. The molecular weight excluding hydrogens is 283 g/mol. The molecule has 4 nitrogen and oxygen atoms in total. The number of aromatic nitrogens is 2. The summed E-state index contributed by atoms with van der Waals surface area (Å²) in [5, 5.41) is 9.53. The van der Waals surface area contributed by atoms with E-state index in [4.69, 9.17) is 4.74 Å². The summed E-state index contributed by atoms with van der Waals surface area (Å²) >= 11 is 0. The summed E-state index contributed by atoms with van der Waals surface area (Å²) in [6, 6.07) is 7.26. The summed E-state index contributed by atoms with van der Waals surface area (Å²) in [6.07, 6.45) is -5.08. The van der Waals surface area contributed by atoms with Gasteiger partial charge in [0, 0.05) is 17.8 Å². The molecular formula is C14H16F3N3O. The smallest absolute Gasteiger partial charge is 0.390 e. The molecule has 0 aliphatic heterocycles. The SMILES string of the molecule is COc1ccc(-c2c(NCCC(F)(F)F)n[nH]c2C)cc1. The van der Waals surface area contributed by atoms with Gasteiger partial charge in [0.15, 0.2) is 5.82 Å². The third kappa shape index (κ3) is 3.90. The Balaban J connectivity index is 2.17. The van der Waals surface area contributed by atoms with Crippen molar-refractivity contribution in [2.45, 2.75) is 19.5 Å². The summed E-state index contributed by atoms with van der Waals surface area (Å²) in [5.41, 5.74) is 2.41. The van der Waals surface area contributed by atoms with Gasteiger partial charge in [-0.2, -0.15) is 18.3 Å². The summed E-state index contributed by atoms with van der Waals surface area (Å²) in [6.45, 7) is 1.61. The zero-order valence-electron chi connectivity index (χ0n) is 11.7. The van der Waals surface area contributed by atoms with Crippen molar-refractivity contribution in [2.24, 2.45) is 0 Å². The largest absolute Gasteiger partial charge is 0.497 e. The number of hydrogen-bond donors (Lipinski definition) is 2. The topological polar surface area (TPSA) is 49.9 Å². The third-order valence-corrected chi connectivity index (χ3v) is 3.03. The Labute approximate surface area is 120 Å². The minimum atomic E-state index is -4.18. The van der Waals surface area contributed by atoms with E-state index in [-0.39, 0.29) is 6.54 Å². The Kier molecular flexibility index (Phi) is 4.40. The first kappa shape index (κ1) is 15.2. The molecule has 0 spiro atoms. The van der Waals surface area contributed by atoms with Crippen LogP contribution in [0.4, 0.5) is 19.0 Å². The van der Waals surface area contributed by atoms with E-state index in [1.165, 1.54) is 0 Å². The number of aromatic amines is 1. The van der Waals surface area contributed by atoms with Gasteiger partial charge in [-0.15, -0.1) is 0 Å². The predicted molar refractivity (Wildman–Crippen MR) is 74.5 cm³/mol. The average molecular weight is 299 g/mol. The Bertz CT molecular complexity index is 591. The highest BCUT2D eigenvalue weighted by atomic mass is 19.4. The predicted octanol–water partition coefficient (Wildman–Crippen LogP) is 3.76. The monoisotopic (exact) mass is 299 g/mol. The summed E-state index contributed by atoms with van der Waals surface area (Å²) in [7, 11) is 1.57. The number of anilines is 1. The van der Waals surface area contributed by atoms with Crippen LogP contribution >= 0.6 is 0 Å². The molecule has 2 aromatic rings. The van der Waals surface area contributed by atoms with E-state index in [1.807, 2.05) is 19.1 Å². The first-order valence-corrected chi connectivity index (χ1v) is 6.41. The van der Waals surface area contributed by atoms with Crippen LogP contribution in [0, 0.1) is 6.92 Å². The molecule has 1 heterocycles. The molecule has 0 atom stereocenters. The van der Waals surface area contributed by atoms with Crippen molar-refractivity contribution in [1.82, 2.24) is 10.2 Å². The molecule has 1 aromatic heterocycles. The van der Waals surface area contributed by atoms with E-state index >= 15 is 0 Å². The van der Waals surface area contributed by atoms with E-state index in [1.54, 1.807) is 19.2 Å². The second-order valence-corrected chi connectivity index (χ2v) is 4.59. The molecule has 0 aliphatic rings. The lowest BCUT2D eigenvalue weighted by Crippen LogP contribution is -2.15. The van der Waals surface area contributed by atoms with Gasteiger partial charge >= 0.3 is 6.18 Å². The quantitative estimate of drug-likeness (QED) is 0.884. The minimum absolute atomic E-state index is 0.211. The van der Waals surface area contributed by atoms with Crippen LogP contribution in [0.2, 0.25) is 0 Å². The van der Waals surface area contributed by atoms with Crippen LogP contribution in [0.3, 0.4) is 0 Å². The maximum absolute atomic E-state index is 12.2. The Morgan fingerprint density at radius 1 is 1.24 bits per heavy atom. The fourth-order valence-corrected chi connectivity index (χ4v) is 1.99. The summed E-state index contributed by atoms with van der Waals surface area (Å²) in [4.78, 5) is 0. The van der Waals surface area contributed by atoms with Gasteiger partial charge in [0.1, 0.15) is 5.75 Å². The first-order chi connectivity index (χ1) is 9.90. The number of nitrogens with one attached hydrogen (secondary N) is 2. The number of methoxy groups -OCH3 is 1. The fourth-order valence-electron chi connectivity index (χ4n) is 1.99. The number of aryl methyl sites for hydroxylation is 1.